The maximum absolute atomic E-state index is 11.0. The lowest BCUT2D eigenvalue weighted by molar-refractivity contribution is 0.477. The van der Waals surface area contributed by atoms with Crippen molar-refractivity contribution in [3.05, 3.63) is 16.6 Å². The van der Waals surface area contributed by atoms with Gasteiger partial charge < -0.3 is 0 Å². The van der Waals surface area contributed by atoms with Crippen LogP contribution < -0.4 is 0 Å². The number of thiazole rings is 1. The Bertz CT molecular complexity index is 345. The molecule has 4 nitrogen and oxygen atoms in total. The lowest BCUT2D eigenvalue weighted by Gasteiger charge is -2.12. The van der Waals surface area contributed by atoms with Gasteiger partial charge in [0.25, 0.3) is 0 Å². The van der Waals surface area contributed by atoms with Gasteiger partial charge in [0.1, 0.15) is 0 Å². The van der Waals surface area contributed by atoms with Crippen molar-refractivity contribution >= 4 is 21.4 Å². The summed E-state index contributed by atoms with van der Waals surface area (Å²) in [4.78, 5) is 4.07. The number of rotatable bonds is 4. The molecule has 1 aromatic rings. The molecule has 6 heteroatoms. The normalized spacial score (nSPS) is 12.2. The molecule has 0 unspecified atom stereocenters. The van der Waals surface area contributed by atoms with Gasteiger partial charge in [-0.05, 0) is 0 Å². The van der Waals surface area contributed by atoms with E-state index in [2.05, 4.69) is 4.98 Å². The minimum Gasteiger partial charge on any atom is -0.250 e. The zero-order chi connectivity index (χ0) is 9.90. The largest absolute Gasteiger partial charge is 0.250 e. The van der Waals surface area contributed by atoms with Gasteiger partial charge in [0, 0.05) is 31.6 Å². The zero-order valence-electron chi connectivity index (χ0n) is 7.60. The van der Waals surface area contributed by atoms with E-state index in [-0.39, 0.29) is 0 Å². The molecule has 0 radical (unpaired) electrons. The fraction of sp³-hybridized carbons (Fsp3) is 0.571. The lowest BCUT2D eigenvalue weighted by Crippen LogP contribution is -2.27. The lowest BCUT2D eigenvalue weighted by atomic mass is 10.4. The maximum atomic E-state index is 11.0. The Morgan fingerprint density at radius 1 is 1.62 bits per heavy atom. The number of likely N-dealkylation sites (N-methyl/N-ethyl adjacent to an activating group) is 1. The Balaban J connectivity index is 2.44. The van der Waals surface area contributed by atoms with E-state index in [0.717, 1.165) is 5.01 Å². The van der Waals surface area contributed by atoms with E-state index in [0.29, 0.717) is 13.0 Å². The minimum atomic E-state index is -3.05. The summed E-state index contributed by atoms with van der Waals surface area (Å²) in [6.07, 6.45) is 3.61. The van der Waals surface area contributed by atoms with Crippen LogP contribution >= 0.6 is 11.3 Å². The van der Waals surface area contributed by atoms with E-state index < -0.39 is 10.0 Å². The number of nitrogens with zero attached hydrogens (tertiary/aromatic N) is 2. The molecule has 74 valence electrons. The third kappa shape index (κ3) is 3.41. The molecule has 0 fully saturated rings. The van der Waals surface area contributed by atoms with Gasteiger partial charge in [-0.15, -0.1) is 11.3 Å². The third-order valence-corrected chi connectivity index (χ3v) is 3.84. The molecule has 0 aliphatic carbocycles. The predicted molar refractivity (Wildman–Crippen MR) is 53.3 cm³/mol. The van der Waals surface area contributed by atoms with Crippen LogP contribution in [-0.4, -0.2) is 37.6 Å². The van der Waals surface area contributed by atoms with Gasteiger partial charge in [-0.25, -0.2) is 17.7 Å². The van der Waals surface area contributed by atoms with Gasteiger partial charge in [0.05, 0.1) is 11.3 Å². The number of hydrogen-bond acceptors (Lipinski definition) is 4. The highest BCUT2D eigenvalue weighted by atomic mass is 32.2. The molecule has 0 aliphatic heterocycles. The molecule has 0 aliphatic rings. The van der Waals surface area contributed by atoms with Crippen LogP contribution in [0.5, 0.6) is 0 Å². The van der Waals surface area contributed by atoms with Gasteiger partial charge in [-0.3, -0.25) is 0 Å². The topological polar surface area (TPSA) is 50.3 Å². The highest BCUT2D eigenvalue weighted by molar-refractivity contribution is 7.88. The molecule has 1 heterocycles. The predicted octanol–water partition coefficient (Wildman–Crippen LogP) is 0.577. The zero-order valence-corrected chi connectivity index (χ0v) is 9.23. The first kappa shape index (κ1) is 10.6. The number of hydrogen-bond donors (Lipinski definition) is 0. The van der Waals surface area contributed by atoms with Gasteiger partial charge in [-0.1, -0.05) is 0 Å². The van der Waals surface area contributed by atoms with Crippen molar-refractivity contribution in [3.63, 3.8) is 0 Å². The molecule has 0 amide bonds. The molecule has 1 aromatic heterocycles. The first-order valence-electron chi connectivity index (χ1n) is 3.80. The first-order valence-corrected chi connectivity index (χ1v) is 6.52. The van der Waals surface area contributed by atoms with Crippen molar-refractivity contribution in [1.82, 2.24) is 9.29 Å². The molecule has 0 aromatic carbocycles. The summed E-state index contributed by atoms with van der Waals surface area (Å²) in [6.45, 7) is 0.492. The number of sulfonamides is 1. The first-order chi connectivity index (χ1) is 6.00. The summed E-state index contributed by atoms with van der Waals surface area (Å²) in [7, 11) is -1.47. The summed E-state index contributed by atoms with van der Waals surface area (Å²) in [5.74, 6) is 0. The van der Waals surface area contributed by atoms with Crippen LogP contribution in [0.2, 0.25) is 0 Å². The van der Waals surface area contributed by atoms with Crippen molar-refractivity contribution in [2.75, 3.05) is 19.8 Å². The molecule has 13 heavy (non-hydrogen) atoms. The average Bonchev–Trinajstić information content (AvgIpc) is 2.50. The van der Waals surface area contributed by atoms with Gasteiger partial charge in [0.2, 0.25) is 10.0 Å². The maximum Gasteiger partial charge on any atom is 0.210 e. The smallest absolute Gasteiger partial charge is 0.210 e. The Morgan fingerprint density at radius 3 is 2.77 bits per heavy atom. The van der Waals surface area contributed by atoms with Gasteiger partial charge >= 0.3 is 0 Å². The van der Waals surface area contributed by atoms with E-state index in [1.807, 2.05) is 5.38 Å². The van der Waals surface area contributed by atoms with E-state index in [4.69, 9.17) is 0 Å². The van der Waals surface area contributed by atoms with Crippen molar-refractivity contribution in [1.29, 1.82) is 0 Å². The van der Waals surface area contributed by atoms with E-state index in [9.17, 15) is 8.42 Å². The molecule has 0 atom stereocenters. The molecule has 0 N–H and O–H groups in total. The Labute approximate surface area is 82.3 Å². The van der Waals surface area contributed by atoms with Crippen LogP contribution in [0, 0.1) is 0 Å². The molecule has 0 spiro atoms. The Hall–Kier alpha value is -0.460. The van der Waals surface area contributed by atoms with Crippen LogP contribution in [0.4, 0.5) is 0 Å². The summed E-state index contributed by atoms with van der Waals surface area (Å²) in [5, 5.41) is 2.85. The molecule has 1 rings (SSSR count). The van der Waals surface area contributed by atoms with Crippen molar-refractivity contribution in [3.8, 4) is 0 Å². The van der Waals surface area contributed by atoms with Gasteiger partial charge in [0.15, 0.2) is 0 Å². The van der Waals surface area contributed by atoms with E-state index in [1.54, 1.807) is 24.6 Å². The molecule has 0 bridgehead atoms. The molecule has 0 saturated heterocycles. The summed E-state index contributed by atoms with van der Waals surface area (Å²) in [5.41, 5.74) is 0. The summed E-state index contributed by atoms with van der Waals surface area (Å²) >= 11 is 1.54. The average molecular weight is 220 g/mol. The second kappa shape index (κ2) is 4.17. The summed E-state index contributed by atoms with van der Waals surface area (Å²) < 4.78 is 23.3. The molecular formula is C7H12N2O2S2. The Morgan fingerprint density at radius 2 is 2.31 bits per heavy atom. The van der Waals surface area contributed by atoms with Crippen molar-refractivity contribution in [2.45, 2.75) is 6.42 Å². The minimum absolute atomic E-state index is 0.492. The second-order valence-corrected chi connectivity index (χ2v) is 5.83. The fourth-order valence-electron chi connectivity index (χ4n) is 0.795. The van der Waals surface area contributed by atoms with Crippen LogP contribution in [0.25, 0.3) is 0 Å². The second-order valence-electron chi connectivity index (χ2n) is 2.76. The van der Waals surface area contributed by atoms with Crippen LogP contribution in [0.1, 0.15) is 5.01 Å². The van der Waals surface area contributed by atoms with Crippen molar-refractivity contribution < 1.29 is 8.42 Å². The van der Waals surface area contributed by atoms with Crippen LogP contribution in [-0.2, 0) is 16.4 Å². The highest BCUT2D eigenvalue weighted by Gasteiger charge is 2.10. The number of aromatic nitrogens is 1. The monoisotopic (exact) mass is 220 g/mol. The van der Waals surface area contributed by atoms with Crippen LogP contribution in [0.3, 0.4) is 0 Å². The van der Waals surface area contributed by atoms with Crippen molar-refractivity contribution in [2.24, 2.45) is 0 Å². The third-order valence-electron chi connectivity index (χ3n) is 1.69. The summed E-state index contributed by atoms with van der Waals surface area (Å²) in [6, 6.07) is 0. The fourth-order valence-corrected chi connectivity index (χ4v) is 1.83. The molecular weight excluding hydrogens is 208 g/mol. The quantitative estimate of drug-likeness (QED) is 0.745. The Kier molecular flexibility index (Phi) is 3.40. The SMILES string of the molecule is CN(CCc1nccs1)S(C)(=O)=O. The highest BCUT2D eigenvalue weighted by Crippen LogP contribution is 2.05. The van der Waals surface area contributed by atoms with Gasteiger partial charge in [-0.2, -0.15) is 0 Å². The van der Waals surface area contributed by atoms with E-state index in [1.165, 1.54) is 10.6 Å². The van der Waals surface area contributed by atoms with E-state index >= 15 is 0 Å². The van der Waals surface area contributed by atoms with Crippen LogP contribution in [0.15, 0.2) is 11.6 Å². The molecule has 0 saturated carbocycles. The standard InChI is InChI=1S/C7H12N2O2S2/c1-9(13(2,10)11)5-3-7-8-4-6-12-7/h4,6H,3,5H2,1-2H3.